The van der Waals surface area contributed by atoms with Crippen molar-refractivity contribution in [3.8, 4) is 22.5 Å². The Kier molecular flexibility index (Phi) is 4.67. The Morgan fingerprint density at radius 2 is 1.97 bits per heavy atom. The van der Waals surface area contributed by atoms with E-state index in [1.807, 2.05) is 30.5 Å². The summed E-state index contributed by atoms with van der Waals surface area (Å²) in [6.45, 7) is 9.68. The molecular formula is C25H28N6O. The number of anilines is 1. The molecule has 1 aliphatic heterocycles. The number of rotatable bonds is 4. The highest BCUT2D eigenvalue weighted by Crippen LogP contribution is 2.36. The summed E-state index contributed by atoms with van der Waals surface area (Å²) in [6, 6.07) is 12.0. The molecule has 4 heterocycles. The van der Waals surface area contributed by atoms with Crippen molar-refractivity contribution in [1.29, 1.82) is 0 Å². The maximum absolute atomic E-state index is 13.0. The van der Waals surface area contributed by atoms with Crippen LogP contribution < -0.4 is 16.2 Å². The van der Waals surface area contributed by atoms with E-state index >= 15 is 0 Å². The number of hydrogen-bond acceptors (Lipinski definition) is 5. The summed E-state index contributed by atoms with van der Waals surface area (Å²) in [5.74, 6) is 0.732. The van der Waals surface area contributed by atoms with Crippen LogP contribution in [0.3, 0.4) is 0 Å². The van der Waals surface area contributed by atoms with Gasteiger partial charge in [0.05, 0.1) is 23.5 Å². The monoisotopic (exact) mass is 428 g/mol. The van der Waals surface area contributed by atoms with E-state index in [2.05, 4.69) is 48.6 Å². The summed E-state index contributed by atoms with van der Waals surface area (Å²) in [6.07, 6.45) is 3.71. The van der Waals surface area contributed by atoms with Crippen LogP contribution >= 0.6 is 0 Å². The van der Waals surface area contributed by atoms with E-state index in [-0.39, 0.29) is 17.1 Å². The maximum atomic E-state index is 13.0. The molecule has 0 amide bonds. The lowest BCUT2D eigenvalue weighted by atomic mass is 10.0. The molecule has 164 valence electrons. The van der Waals surface area contributed by atoms with Gasteiger partial charge < -0.3 is 15.6 Å². The van der Waals surface area contributed by atoms with Crippen molar-refractivity contribution in [2.75, 3.05) is 4.90 Å². The van der Waals surface area contributed by atoms with Crippen molar-refractivity contribution < 1.29 is 0 Å². The van der Waals surface area contributed by atoms with Gasteiger partial charge in [0, 0.05) is 53.1 Å². The van der Waals surface area contributed by atoms with E-state index < -0.39 is 0 Å². The van der Waals surface area contributed by atoms with Gasteiger partial charge in [0.2, 0.25) is 5.95 Å². The largest absolute Gasteiger partial charge is 0.360 e. The molecule has 1 aromatic carbocycles. The first kappa shape index (κ1) is 20.5. The van der Waals surface area contributed by atoms with Gasteiger partial charge in [-0.25, -0.2) is 4.98 Å². The molecule has 5 rings (SSSR count). The van der Waals surface area contributed by atoms with Gasteiger partial charge >= 0.3 is 0 Å². The number of nitrogens with zero attached hydrogens (tertiary/aromatic N) is 4. The average Bonchev–Trinajstić information content (AvgIpc) is 3.30. The first-order valence-corrected chi connectivity index (χ1v) is 11.0. The third-order valence-electron chi connectivity index (χ3n) is 6.23. The van der Waals surface area contributed by atoms with Crippen molar-refractivity contribution in [3.05, 3.63) is 64.7 Å². The van der Waals surface area contributed by atoms with Gasteiger partial charge in [0.1, 0.15) is 0 Å². The zero-order valence-corrected chi connectivity index (χ0v) is 18.9. The fourth-order valence-electron chi connectivity index (χ4n) is 4.88. The summed E-state index contributed by atoms with van der Waals surface area (Å²) >= 11 is 0. The Balaban J connectivity index is 1.66. The molecule has 3 N–H and O–H groups in total. The highest BCUT2D eigenvalue weighted by molar-refractivity contribution is 5.97. The third-order valence-corrected chi connectivity index (χ3v) is 6.23. The van der Waals surface area contributed by atoms with Crippen molar-refractivity contribution in [2.24, 2.45) is 5.73 Å². The lowest BCUT2D eigenvalue weighted by Crippen LogP contribution is -2.45. The summed E-state index contributed by atoms with van der Waals surface area (Å²) < 4.78 is 1.78. The molecule has 0 atom stereocenters. The molecule has 4 aromatic rings. The predicted molar refractivity (Wildman–Crippen MR) is 129 cm³/mol. The topological polar surface area (TPSA) is 92.8 Å². The number of fused-ring (bicyclic) bond motifs is 2. The molecule has 0 unspecified atom stereocenters. The van der Waals surface area contributed by atoms with E-state index in [1.165, 1.54) is 0 Å². The van der Waals surface area contributed by atoms with E-state index in [0.29, 0.717) is 18.8 Å². The number of aromatic amines is 1. The number of H-pyrrole nitrogens is 1. The molecule has 0 saturated carbocycles. The van der Waals surface area contributed by atoms with Gasteiger partial charge in [-0.2, -0.15) is 0 Å². The zero-order valence-electron chi connectivity index (χ0n) is 18.9. The SMILES string of the molecule is CC(C)N1c2nc(-c3c[nH]c4ccc(-c5cc(CN)ccn5)cc34)cc(=O)n2CC1(C)C. The second kappa shape index (κ2) is 7.31. The standard InChI is InChI=1S/C25H28N6O/c1-15(2)31-24-29-22(11-23(32)30(24)14-25(31,3)4)19-13-28-20-6-5-17(10-18(19)20)21-9-16(12-26)7-8-27-21/h5-11,13,15,28H,12,14,26H2,1-4H3. The predicted octanol–water partition coefficient (Wildman–Crippen LogP) is 3.92. The molecule has 7 heteroatoms. The van der Waals surface area contributed by atoms with Gasteiger partial charge in [-0.15, -0.1) is 0 Å². The minimum atomic E-state index is -0.168. The van der Waals surface area contributed by atoms with Crippen LogP contribution in [0.5, 0.6) is 0 Å². The quantitative estimate of drug-likeness (QED) is 0.514. The van der Waals surface area contributed by atoms with Crippen LogP contribution in [0.25, 0.3) is 33.4 Å². The minimum Gasteiger partial charge on any atom is -0.360 e. The molecule has 7 nitrogen and oxygen atoms in total. The van der Waals surface area contributed by atoms with Crippen LogP contribution in [-0.2, 0) is 13.1 Å². The lowest BCUT2D eigenvalue weighted by molar-refractivity contribution is 0.425. The molecule has 0 spiro atoms. The van der Waals surface area contributed by atoms with Crippen molar-refractivity contribution in [3.63, 3.8) is 0 Å². The minimum absolute atomic E-state index is 0.0240. The Hall–Kier alpha value is -3.45. The number of pyridine rings is 1. The molecule has 32 heavy (non-hydrogen) atoms. The molecule has 0 saturated heterocycles. The Morgan fingerprint density at radius 1 is 1.16 bits per heavy atom. The average molecular weight is 429 g/mol. The van der Waals surface area contributed by atoms with E-state index in [4.69, 9.17) is 10.7 Å². The Labute approximate surface area is 186 Å². The number of hydrogen-bond donors (Lipinski definition) is 2. The van der Waals surface area contributed by atoms with Crippen molar-refractivity contribution >= 4 is 16.9 Å². The molecule has 0 fully saturated rings. The first-order chi connectivity index (χ1) is 15.3. The highest BCUT2D eigenvalue weighted by atomic mass is 16.1. The third kappa shape index (κ3) is 3.20. The summed E-state index contributed by atoms with van der Waals surface area (Å²) in [5, 5.41) is 1.01. The molecule has 0 radical (unpaired) electrons. The summed E-state index contributed by atoms with van der Waals surface area (Å²) in [4.78, 5) is 28.1. The highest BCUT2D eigenvalue weighted by Gasteiger charge is 2.39. The zero-order chi connectivity index (χ0) is 22.6. The fraction of sp³-hybridized carbons (Fsp3) is 0.320. The molecule has 3 aromatic heterocycles. The van der Waals surface area contributed by atoms with Gasteiger partial charge in [-0.05, 0) is 57.5 Å². The smallest absolute Gasteiger partial charge is 0.255 e. The Bertz CT molecular complexity index is 1380. The normalized spacial score (nSPS) is 15.0. The fourth-order valence-corrected chi connectivity index (χ4v) is 4.88. The van der Waals surface area contributed by atoms with E-state index in [0.717, 1.165) is 39.2 Å². The van der Waals surface area contributed by atoms with E-state index in [9.17, 15) is 4.79 Å². The van der Waals surface area contributed by atoms with Crippen LogP contribution in [0.4, 0.5) is 5.95 Å². The lowest BCUT2D eigenvalue weighted by Gasteiger charge is -2.35. The van der Waals surface area contributed by atoms with Crippen molar-refractivity contribution in [2.45, 2.75) is 52.4 Å². The number of benzene rings is 1. The first-order valence-electron chi connectivity index (χ1n) is 11.0. The van der Waals surface area contributed by atoms with Gasteiger partial charge in [-0.1, -0.05) is 6.07 Å². The Morgan fingerprint density at radius 3 is 2.72 bits per heavy atom. The van der Waals surface area contributed by atoms with Crippen LogP contribution in [0.15, 0.2) is 53.6 Å². The number of aromatic nitrogens is 4. The second-order valence-electron chi connectivity index (χ2n) is 9.36. The summed E-state index contributed by atoms with van der Waals surface area (Å²) in [7, 11) is 0. The molecule has 0 bridgehead atoms. The van der Waals surface area contributed by atoms with Gasteiger partial charge in [-0.3, -0.25) is 14.3 Å². The maximum Gasteiger partial charge on any atom is 0.255 e. The molecule has 0 aliphatic carbocycles. The van der Waals surface area contributed by atoms with Crippen molar-refractivity contribution in [1.82, 2.24) is 19.5 Å². The van der Waals surface area contributed by atoms with Crippen LogP contribution in [-0.4, -0.2) is 31.1 Å². The number of nitrogens with one attached hydrogen (secondary N) is 1. The summed E-state index contributed by atoms with van der Waals surface area (Å²) in [5.41, 5.74) is 11.1. The van der Waals surface area contributed by atoms with Gasteiger partial charge in [0.25, 0.3) is 5.56 Å². The molecular weight excluding hydrogens is 400 g/mol. The van der Waals surface area contributed by atoms with Crippen LogP contribution in [0, 0.1) is 0 Å². The number of nitrogens with two attached hydrogens (primary N) is 1. The van der Waals surface area contributed by atoms with Gasteiger partial charge in [0.15, 0.2) is 0 Å². The van der Waals surface area contributed by atoms with Crippen LogP contribution in [0.2, 0.25) is 0 Å². The van der Waals surface area contributed by atoms with Crippen LogP contribution in [0.1, 0.15) is 33.3 Å². The molecule has 1 aliphatic rings. The van der Waals surface area contributed by atoms with E-state index in [1.54, 1.807) is 16.8 Å². The second-order valence-corrected chi connectivity index (χ2v) is 9.36.